The molecule has 0 bridgehead atoms. The number of methoxy groups -OCH3 is 1. The van der Waals surface area contributed by atoms with Gasteiger partial charge in [-0.1, -0.05) is 17.7 Å². The first-order valence-electron chi connectivity index (χ1n) is 3.93. The summed E-state index contributed by atoms with van der Waals surface area (Å²) in [5.74, 6) is 0.283. The molecule has 0 aliphatic rings. The molecule has 0 spiro atoms. The van der Waals surface area contributed by atoms with E-state index < -0.39 is 12.5 Å². The predicted octanol–water partition coefficient (Wildman–Crippen LogP) is 2.61. The van der Waals surface area contributed by atoms with Crippen molar-refractivity contribution in [2.45, 2.75) is 12.5 Å². The van der Waals surface area contributed by atoms with Crippen LogP contribution in [0.25, 0.3) is 0 Å². The van der Waals surface area contributed by atoms with E-state index in [0.29, 0.717) is 5.02 Å². The van der Waals surface area contributed by atoms with Crippen molar-refractivity contribution in [2.75, 3.05) is 7.11 Å². The van der Waals surface area contributed by atoms with Crippen LogP contribution in [0.5, 0.6) is 5.75 Å². The maximum absolute atomic E-state index is 12.3. The molecule has 0 fully saturated rings. The Hall–Kier alpha value is -0.870. The summed E-state index contributed by atoms with van der Waals surface area (Å²) in [5, 5.41) is 0.423. The van der Waals surface area contributed by atoms with Crippen LogP contribution in [-0.4, -0.2) is 13.5 Å². The van der Waals surface area contributed by atoms with Crippen LogP contribution in [-0.2, 0) is 0 Å². The first-order chi connectivity index (χ1) is 6.56. The Morgan fingerprint density at radius 3 is 2.57 bits per heavy atom. The Morgan fingerprint density at radius 1 is 1.43 bits per heavy atom. The molecule has 5 heteroatoms. The predicted molar refractivity (Wildman–Crippen MR) is 50.9 cm³/mol. The minimum atomic E-state index is -2.62. The van der Waals surface area contributed by atoms with Crippen molar-refractivity contribution >= 4 is 11.6 Å². The monoisotopic (exact) mass is 221 g/mol. The van der Waals surface area contributed by atoms with E-state index in [1.54, 1.807) is 0 Å². The van der Waals surface area contributed by atoms with Crippen LogP contribution in [0.15, 0.2) is 18.2 Å². The molecule has 2 nitrogen and oxygen atoms in total. The van der Waals surface area contributed by atoms with Crippen LogP contribution in [0.3, 0.4) is 0 Å². The van der Waals surface area contributed by atoms with Gasteiger partial charge in [0, 0.05) is 10.6 Å². The highest BCUT2D eigenvalue weighted by atomic mass is 35.5. The molecule has 0 radical (unpaired) electrons. The van der Waals surface area contributed by atoms with Gasteiger partial charge in [-0.3, -0.25) is 0 Å². The number of nitrogens with two attached hydrogens (primary N) is 1. The summed E-state index contributed by atoms with van der Waals surface area (Å²) in [4.78, 5) is 0. The summed E-state index contributed by atoms with van der Waals surface area (Å²) in [6, 6.07) is 3.06. The normalized spacial score (nSPS) is 13.0. The Morgan fingerprint density at radius 2 is 2.07 bits per heavy atom. The van der Waals surface area contributed by atoms with Crippen LogP contribution >= 0.6 is 11.6 Å². The fraction of sp³-hybridized carbons (Fsp3) is 0.333. The van der Waals surface area contributed by atoms with E-state index in [9.17, 15) is 8.78 Å². The second kappa shape index (κ2) is 4.57. The smallest absolute Gasteiger partial charge is 0.257 e. The lowest BCUT2D eigenvalue weighted by molar-refractivity contribution is 0.115. The second-order valence-corrected chi connectivity index (χ2v) is 3.18. The van der Waals surface area contributed by atoms with E-state index >= 15 is 0 Å². The highest BCUT2D eigenvalue weighted by Crippen LogP contribution is 2.29. The molecule has 1 aromatic rings. The zero-order valence-corrected chi connectivity index (χ0v) is 8.26. The molecular weight excluding hydrogens is 212 g/mol. The van der Waals surface area contributed by atoms with Gasteiger partial charge in [-0.15, -0.1) is 0 Å². The van der Waals surface area contributed by atoms with Crippen LogP contribution < -0.4 is 10.5 Å². The Kier molecular flexibility index (Phi) is 3.66. The molecule has 0 saturated carbocycles. The van der Waals surface area contributed by atoms with Gasteiger partial charge in [0.2, 0.25) is 0 Å². The molecular formula is C9H10ClF2NO. The van der Waals surface area contributed by atoms with Gasteiger partial charge in [0.1, 0.15) is 5.75 Å². The summed E-state index contributed by atoms with van der Waals surface area (Å²) < 4.78 is 29.5. The number of halogens is 3. The molecule has 1 aromatic carbocycles. The number of alkyl halides is 2. The SMILES string of the molecule is COc1cc(Cl)ccc1C(N)C(F)F. The highest BCUT2D eigenvalue weighted by molar-refractivity contribution is 6.30. The molecule has 0 heterocycles. The average Bonchev–Trinajstić information content (AvgIpc) is 2.16. The molecule has 2 N–H and O–H groups in total. The quantitative estimate of drug-likeness (QED) is 0.852. The number of hydrogen-bond donors (Lipinski definition) is 1. The molecule has 14 heavy (non-hydrogen) atoms. The first kappa shape index (κ1) is 11.2. The zero-order valence-electron chi connectivity index (χ0n) is 7.51. The van der Waals surface area contributed by atoms with Gasteiger partial charge in [-0.2, -0.15) is 0 Å². The molecule has 0 aliphatic heterocycles. The fourth-order valence-electron chi connectivity index (χ4n) is 1.10. The van der Waals surface area contributed by atoms with Gasteiger partial charge in [0.05, 0.1) is 13.2 Å². The Labute approximate surface area is 85.6 Å². The lowest BCUT2D eigenvalue weighted by atomic mass is 10.1. The van der Waals surface area contributed by atoms with Crippen molar-refractivity contribution in [3.63, 3.8) is 0 Å². The number of ether oxygens (including phenoxy) is 1. The molecule has 78 valence electrons. The number of hydrogen-bond acceptors (Lipinski definition) is 2. The first-order valence-corrected chi connectivity index (χ1v) is 4.31. The van der Waals surface area contributed by atoms with Crippen molar-refractivity contribution in [1.82, 2.24) is 0 Å². The molecule has 1 atom stereocenters. The summed E-state index contributed by atoms with van der Waals surface area (Å²) in [7, 11) is 1.38. The van der Waals surface area contributed by atoms with Crippen molar-refractivity contribution in [3.05, 3.63) is 28.8 Å². The van der Waals surface area contributed by atoms with Crippen LogP contribution in [0.4, 0.5) is 8.78 Å². The van der Waals surface area contributed by atoms with Crippen LogP contribution in [0, 0.1) is 0 Å². The number of rotatable bonds is 3. The highest BCUT2D eigenvalue weighted by Gasteiger charge is 2.21. The third-order valence-corrected chi connectivity index (χ3v) is 2.06. The fourth-order valence-corrected chi connectivity index (χ4v) is 1.26. The van der Waals surface area contributed by atoms with Gasteiger partial charge in [-0.05, 0) is 12.1 Å². The Bertz CT molecular complexity index is 320. The third kappa shape index (κ3) is 2.33. The van der Waals surface area contributed by atoms with E-state index in [-0.39, 0.29) is 11.3 Å². The summed E-state index contributed by atoms with van der Waals surface area (Å²) in [6.07, 6.45) is -2.62. The van der Waals surface area contributed by atoms with Crippen molar-refractivity contribution in [2.24, 2.45) is 5.73 Å². The van der Waals surface area contributed by atoms with Crippen LogP contribution in [0.2, 0.25) is 5.02 Å². The van der Waals surface area contributed by atoms with Gasteiger partial charge in [0.15, 0.2) is 0 Å². The minimum absolute atomic E-state index is 0.256. The van der Waals surface area contributed by atoms with E-state index in [1.165, 1.54) is 25.3 Å². The van der Waals surface area contributed by atoms with E-state index in [4.69, 9.17) is 22.1 Å². The van der Waals surface area contributed by atoms with E-state index in [2.05, 4.69) is 0 Å². The largest absolute Gasteiger partial charge is 0.496 e. The number of benzene rings is 1. The van der Waals surface area contributed by atoms with E-state index in [1.807, 2.05) is 0 Å². The molecule has 0 aromatic heterocycles. The van der Waals surface area contributed by atoms with Crippen molar-refractivity contribution in [3.8, 4) is 5.75 Å². The molecule has 0 saturated heterocycles. The van der Waals surface area contributed by atoms with E-state index in [0.717, 1.165) is 0 Å². The molecule has 1 rings (SSSR count). The van der Waals surface area contributed by atoms with Crippen molar-refractivity contribution in [1.29, 1.82) is 0 Å². The van der Waals surface area contributed by atoms with Gasteiger partial charge in [0.25, 0.3) is 6.43 Å². The zero-order chi connectivity index (χ0) is 10.7. The average molecular weight is 222 g/mol. The second-order valence-electron chi connectivity index (χ2n) is 2.75. The minimum Gasteiger partial charge on any atom is -0.496 e. The molecule has 0 amide bonds. The lowest BCUT2D eigenvalue weighted by Gasteiger charge is -2.14. The van der Waals surface area contributed by atoms with Gasteiger partial charge < -0.3 is 10.5 Å². The standard InChI is InChI=1S/C9H10ClF2NO/c1-14-7-4-5(10)2-3-6(7)8(13)9(11)12/h2-4,8-9H,13H2,1H3. The summed E-state index contributed by atoms with van der Waals surface area (Å²) in [6.45, 7) is 0. The third-order valence-electron chi connectivity index (χ3n) is 1.83. The summed E-state index contributed by atoms with van der Waals surface area (Å²) in [5.41, 5.74) is 5.55. The lowest BCUT2D eigenvalue weighted by Crippen LogP contribution is -2.19. The summed E-state index contributed by atoms with van der Waals surface area (Å²) >= 11 is 5.67. The molecule has 0 aliphatic carbocycles. The van der Waals surface area contributed by atoms with Gasteiger partial charge >= 0.3 is 0 Å². The van der Waals surface area contributed by atoms with Gasteiger partial charge in [-0.25, -0.2) is 8.78 Å². The maximum Gasteiger partial charge on any atom is 0.257 e. The van der Waals surface area contributed by atoms with Crippen molar-refractivity contribution < 1.29 is 13.5 Å². The Balaban J connectivity index is 3.07. The van der Waals surface area contributed by atoms with Crippen LogP contribution in [0.1, 0.15) is 11.6 Å². The maximum atomic E-state index is 12.3. The topological polar surface area (TPSA) is 35.2 Å². The molecule has 1 unspecified atom stereocenters.